The SMILES string of the molecule is O=C(Nc1ccc(F)c(F)c1)N(Cc1ccc(OS(=O)(=O)c2cccc(C(F)(F)F)c2)cc1)Cc1ccco1. The van der Waals surface area contributed by atoms with Gasteiger partial charge < -0.3 is 18.8 Å². The van der Waals surface area contributed by atoms with Crippen LogP contribution >= 0.6 is 0 Å². The molecule has 4 rings (SSSR count). The van der Waals surface area contributed by atoms with Crippen molar-refractivity contribution in [2.24, 2.45) is 0 Å². The minimum atomic E-state index is -4.73. The van der Waals surface area contributed by atoms with Gasteiger partial charge in [-0.25, -0.2) is 13.6 Å². The van der Waals surface area contributed by atoms with E-state index < -0.39 is 44.4 Å². The molecule has 1 aromatic heterocycles. The van der Waals surface area contributed by atoms with Crippen LogP contribution in [0.5, 0.6) is 5.75 Å². The van der Waals surface area contributed by atoms with Crippen molar-refractivity contribution in [1.29, 1.82) is 0 Å². The van der Waals surface area contributed by atoms with Crippen LogP contribution in [0.3, 0.4) is 0 Å². The molecule has 13 heteroatoms. The molecule has 0 atom stereocenters. The highest BCUT2D eigenvalue weighted by atomic mass is 32.2. The Labute approximate surface area is 219 Å². The lowest BCUT2D eigenvalue weighted by molar-refractivity contribution is -0.137. The first-order valence-corrected chi connectivity index (χ1v) is 12.6. The third-order valence-electron chi connectivity index (χ3n) is 5.34. The monoisotopic (exact) mass is 566 g/mol. The molecule has 0 radical (unpaired) electrons. The van der Waals surface area contributed by atoms with E-state index in [-0.39, 0.29) is 24.5 Å². The number of hydrogen-bond donors (Lipinski definition) is 1. The maximum atomic E-state index is 13.6. The number of benzene rings is 3. The summed E-state index contributed by atoms with van der Waals surface area (Å²) in [5.74, 6) is -1.94. The summed E-state index contributed by atoms with van der Waals surface area (Å²) in [6.07, 6.45) is -3.32. The van der Waals surface area contributed by atoms with Crippen LogP contribution in [0.4, 0.5) is 32.4 Å². The third kappa shape index (κ3) is 7.13. The summed E-state index contributed by atoms with van der Waals surface area (Å²) < 4.78 is 101. The van der Waals surface area contributed by atoms with Gasteiger partial charge in [0, 0.05) is 18.3 Å². The number of anilines is 1. The maximum Gasteiger partial charge on any atom is 0.416 e. The second kappa shape index (κ2) is 11.2. The fourth-order valence-corrected chi connectivity index (χ4v) is 4.42. The molecule has 0 aliphatic heterocycles. The number of halogens is 5. The molecule has 204 valence electrons. The summed E-state index contributed by atoms with van der Waals surface area (Å²) in [7, 11) is -4.57. The lowest BCUT2D eigenvalue weighted by atomic mass is 10.2. The summed E-state index contributed by atoms with van der Waals surface area (Å²) in [4.78, 5) is 13.6. The molecule has 7 nitrogen and oxygen atoms in total. The molecule has 0 bridgehead atoms. The summed E-state index contributed by atoms with van der Waals surface area (Å²) in [5.41, 5.74) is -0.599. The van der Waals surface area contributed by atoms with Crippen molar-refractivity contribution in [3.05, 3.63) is 114 Å². The molecule has 2 amide bonds. The number of amides is 2. The number of furan rings is 1. The second-order valence-electron chi connectivity index (χ2n) is 8.20. The molecule has 0 saturated carbocycles. The Kier molecular flexibility index (Phi) is 7.90. The predicted octanol–water partition coefficient (Wildman–Crippen LogP) is 6.58. The van der Waals surface area contributed by atoms with Gasteiger partial charge in [0.15, 0.2) is 11.6 Å². The molecule has 0 aliphatic rings. The largest absolute Gasteiger partial charge is 0.467 e. The second-order valence-corrected chi connectivity index (χ2v) is 9.75. The van der Waals surface area contributed by atoms with E-state index in [9.17, 15) is 35.2 Å². The van der Waals surface area contributed by atoms with E-state index in [1.807, 2.05) is 0 Å². The highest BCUT2D eigenvalue weighted by Gasteiger charge is 2.32. The van der Waals surface area contributed by atoms with Gasteiger partial charge in [-0.15, -0.1) is 0 Å². The van der Waals surface area contributed by atoms with Gasteiger partial charge >= 0.3 is 22.3 Å². The van der Waals surface area contributed by atoms with Crippen LogP contribution in [-0.4, -0.2) is 19.3 Å². The van der Waals surface area contributed by atoms with Crippen LogP contribution in [0.15, 0.2) is 94.4 Å². The van der Waals surface area contributed by atoms with Gasteiger partial charge in [-0.05, 0) is 60.2 Å². The first kappa shape index (κ1) is 27.6. The Morgan fingerprint density at radius 2 is 1.64 bits per heavy atom. The smallest absolute Gasteiger partial charge is 0.416 e. The molecule has 0 fully saturated rings. The van der Waals surface area contributed by atoms with E-state index in [0.717, 1.165) is 30.3 Å². The van der Waals surface area contributed by atoms with Crippen molar-refractivity contribution in [2.75, 3.05) is 5.32 Å². The van der Waals surface area contributed by atoms with Crippen molar-refractivity contribution in [2.45, 2.75) is 24.2 Å². The average molecular weight is 567 g/mol. The standard InChI is InChI=1S/C26H19F5N2O5S/c27-23-11-8-19(14-24(23)28)32-25(34)33(16-21-4-2-12-37-21)15-17-6-9-20(10-7-17)38-39(35,36)22-5-1-3-18(13-22)26(29,30)31/h1-14H,15-16H2,(H,32,34). The Balaban J connectivity index is 1.49. The first-order valence-electron chi connectivity index (χ1n) is 11.1. The highest BCUT2D eigenvalue weighted by Crippen LogP contribution is 2.31. The van der Waals surface area contributed by atoms with Crippen LogP contribution in [0.25, 0.3) is 0 Å². The van der Waals surface area contributed by atoms with Crippen LogP contribution in [-0.2, 0) is 29.4 Å². The molecule has 4 aromatic rings. The quantitative estimate of drug-likeness (QED) is 0.192. The zero-order valence-electron chi connectivity index (χ0n) is 19.8. The van der Waals surface area contributed by atoms with Crippen molar-refractivity contribution in [3.63, 3.8) is 0 Å². The van der Waals surface area contributed by atoms with Crippen molar-refractivity contribution < 1.29 is 43.8 Å². The summed E-state index contributed by atoms with van der Waals surface area (Å²) in [5, 5.41) is 2.47. The average Bonchev–Trinajstić information content (AvgIpc) is 3.40. The van der Waals surface area contributed by atoms with E-state index in [1.165, 1.54) is 41.5 Å². The summed E-state index contributed by atoms with van der Waals surface area (Å²) >= 11 is 0. The Morgan fingerprint density at radius 1 is 0.897 bits per heavy atom. The molecular weight excluding hydrogens is 547 g/mol. The van der Waals surface area contributed by atoms with Gasteiger partial charge in [0.2, 0.25) is 0 Å². The number of urea groups is 1. The first-order chi connectivity index (χ1) is 18.4. The van der Waals surface area contributed by atoms with Crippen LogP contribution in [0, 0.1) is 11.6 Å². The maximum absolute atomic E-state index is 13.6. The van der Waals surface area contributed by atoms with Crippen LogP contribution in [0.1, 0.15) is 16.9 Å². The Hall–Kier alpha value is -4.39. The lowest BCUT2D eigenvalue weighted by Gasteiger charge is -2.22. The van der Waals surface area contributed by atoms with E-state index in [0.29, 0.717) is 17.4 Å². The zero-order chi connectivity index (χ0) is 28.2. The predicted molar refractivity (Wildman–Crippen MR) is 129 cm³/mol. The normalized spacial score (nSPS) is 11.7. The minimum Gasteiger partial charge on any atom is -0.467 e. The highest BCUT2D eigenvalue weighted by molar-refractivity contribution is 7.87. The molecule has 3 aromatic carbocycles. The number of rotatable bonds is 8. The van der Waals surface area contributed by atoms with Gasteiger partial charge in [-0.1, -0.05) is 18.2 Å². The van der Waals surface area contributed by atoms with Gasteiger partial charge in [0.25, 0.3) is 0 Å². The minimum absolute atomic E-state index is 0.00465. The number of carbonyl (C=O) groups excluding carboxylic acids is 1. The molecule has 0 unspecified atom stereocenters. The zero-order valence-corrected chi connectivity index (χ0v) is 20.6. The van der Waals surface area contributed by atoms with Crippen molar-refractivity contribution in [3.8, 4) is 5.75 Å². The van der Waals surface area contributed by atoms with Crippen molar-refractivity contribution in [1.82, 2.24) is 4.90 Å². The number of alkyl halides is 3. The molecule has 39 heavy (non-hydrogen) atoms. The van der Waals surface area contributed by atoms with E-state index in [4.69, 9.17) is 8.60 Å². The lowest BCUT2D eigenvalue weighted by Crippen LogP contribution is -2.34. The van der Waals surface area contributed by atoms with E-state index in [2.05, 4.69) is 5.32 Å². The third-order valence-corrected chi connectivity index (χ3v) is 6.58. The number of nitrogens with zero attached hydrogens (tertiary/aromatic N) is 1. The van der Waals surface area contributed by atoms with E-state index >= 15 is 0 Å². The molecule has 1 N–H and O–H groups in total. The number of nitrogens with one attached hydrogen (secondary N) is 1. The Bertz CT molecular complexity index is 1560. The molecular formula is C26H19F5N2O5S. The summed E-state index contributed by atoms with van der Waals surface area (Å²) in [6, 6.07) is 14.1. The molecule has 1 heterocycles. The van der Waals surface area contributed by atoms with Gasteiger partial charge in [-0.3, -0.25) is 0 Å². The van der Waals surface area contributed by atoms with Crippen molar-refractivity contribution >= 4 is 21.8 Å². The fourth-order valence-electron chi connectivity index (χ4n) is 3.44. The van der Waals surface area contributed by atoms with Gasteiger partial charge in [-0.2, -0.15) is 21.6 Å². The van der Waals surface area contributed by atoms with Crippen LogP contribution in [0.2, 0.25) is 0 Å². The summed E-state index contributed by atoms with van der Waals surface area (Å²) in [6.45, 7) is -0.0123. The fraction of sp³-hybridized carbons (Fsp3) is 0.115. The molecule has 0 aliphatic carbocycles. The number of hydrogen-bond acceptors (Lipinski definition) is 5. The number of carbonyl (C=O) groups is 1. The van der Waals surface area contributed by atoms with E-state index in [1.54, 1.807) is 12.1 Å². The molecule has 0 saturated heterocycles. The van der Waals surface area contributed by atoms with Gasteiger partial charge in [0.1, 0.15) is 16.4 Å². The molecule has 0 spiro atoms. The van der Waals surface area contributed by atoms with Gasteiger partial charge in [0.05, 0.1) is 18.4 Å². The van der Waals surface area contributed by atoms with Crippen LogP contribution < -0.4 is 9.50 Å². The Morgan fingerprint density at radius 3 is 2.28 bits per heavy atom. The topological polar surface area (TPSA) is 88.9 Å².